The molecule has 0 aromatic heterocycles. The van der Waals surface area contributed by atoms with Gasteiger partial charge in [0, 0.05) is 11.3 Å². The molecule has 5 nitrogen and oxygen atoms in total. The Morgan fingerprint density at radius 1 is 2.00 bits per heavy atom. The highest BCUT2D eigenvalue weighted by Gasteiger charge is 1.91. The summed E-state index contributed by atoms with van der Waals surface area (Å²) in [4.78, 5) is 16.2. The van der Waals surface area contributed by atoms with Crippen molar-refractivity contribution in [3.63, 3.8) is 0 Å². The number of hydrogen-bond donors (Lipinski definition) is 0. The predicted molar refractivity (Wildman–Crippen MR) is 25.5 cm³/mol. The molecular weight excluding hydrogens is 110 g/mol. The Kier molecular flexibility index (Phi) is 3.35. The fourth-order valence-electron chi connectivity index (χ4n) is 0.128. The maximum absolute atomic E-state index is 10.1. The Balaban J connectivity index is 3.39. The lowest BCUT2D eigenvalue weighted by Crippen LogP contribution is -1.93. The van der Waals surface area contributed by atoms with Crippen LogP contribution in [0.2, 0.25) is 0 Å². The molecule has 0 aromatic rings. The first-order valence-electron chi connectivity index (χ1n) is 2.05. The minimum Gasteiger partial charge on any atom is -0.359 e. The monoisotopic (exact) mass is 115 g/mol. The first-order valence-corrected chi connectivity index (χ1v) is 2.05. The summed E-state index contributed by atoms with van der Waals surface area (Å²) in [5.74, 6) is -0.525. The summed E-state index contributed by atoms with van der Waals surface area (Å²) in [5.41, 5.74) is 7.59. The Hall–Kier alpha value is -1.22. The van der Waals surface area contributed by atoms with E-state index in [1.807, 2.05) is 0 Å². The summed E-state index contributed by atoms with van der Waals surface area (Å²) >= 11 is 0. The van der Waals surface area contributed by atoms with E-state index in [4.69, 9.17) is 5.53 Å². The van der Waals surface area contributed by atoms with Gasteiger partial charge in [0.15, 0.2) is 0 Å². The van der Waals surface area contributed by atoms with Crippen molar-refractivity contribution in [3.8, 4) is 0 Å². The SMILES string of the molecule is CCC(=O)ON=[N+]=[N-]. The normalized spacial score (nSPS) is 7.12. The van der Waals surface area contributed by atoms with E-state index in [0.717, 1.165) is 0 Å². The zero-order chi connectivity index (χ0) is 6.41. The van der Waals surface area contributed by atoms with Gasteiger partial charge in [0.25, 0.3) is 0 Å². The zero-order valence-electron chi connectivity index (χ0n) is 4.37. The van der Waals surface area contributed by atoms with E-state index in [1.165, 1.54) is 0 Å². The van der Waals surface area contributed by atoms with Crippen LogP contribution < -0.4 is 0 Å². The molecule has 0 aliphatic heterocycles. The lowest BCUT2D eigenvalue weighted by atomic mass is 10.5. The molecule has 0 spiro atoms. The van der Waals surface area contributed by atoms with Gasteiger partial charge in [-0.1, -0.05) is 6.92 Å². The number of rotatable bonds is 2. The van der Waals surface area contributed by atoms with Gasteiger partial charge < -0.3 is 4.84 Å². The molecule has 0 radical (unpaired) electrons. The second-order valence-corrected chi connectivity index (χ2v) is 0.988. The summed E-state index contributed by atoms with van der Waals surface area (Å²) in [5, 5.41) is 2.57. The van der Waals surface area contributed by atoms with E-state index < -0.39 is 5.97 Å². The van der Waals surface area contributed by atoms with Gasteiger partial charge in [-0.15, -0.1) is 0 Å². The van der Waals surface area contributed by atoms with E-state index in [1.54, 1.807) is 6.92 Å². The van der Waals surface area contributed by atoms with Gasteiger partial charge in [-0.25, -0.2) is 0 Å². The van der Waals surface area contributed by atoms with E-state index in [0.29, 0.717) is 0 Å². The summed E-state index contributed by atoms with van der Waals surface area (Å²) in [6.45, 7) is 1.61. The fourth-order valence-corrected chi connectivity index (χ4v) is 0.128. The number of hydrogen-bond acceptors (Lipinski definition) is 3. The van der Waals surface area contributed by atoms with Crippen molar-refractivity contribution in [2.75, 3.05) is 0 Å². The highest BCUT2D eigenvalue weighted by atomic mass is 16.7. The Bertz CT molecular complexity index is 126. The van der Waals surface area contributed by atoms with Crippen LogP contribution in [0.15, 0.2) is 5.28 Å². The van der Waals surface area contributed by atoms with Crippen LogP contribution in [0.3, 0.4) is 0 Å². The van der Waals surface area contributed by atoms with Crippen molar-refractivity contribution in [2.45, 2.75) is 13.3 Å². The number of carbonyl (C=O) groups is 1. The van der Waals surface area contributed by atoms with Gasteiger partial charge in [0.2, 0.25) is 0 Å². The largest absolute Gasteiger partial charge is 0.359 e. The summed E-state index contributed by atoms with van der Waals surface area (Å²) in [7, 11) is 0. The lowest BCUT2D eigenvalue weighted by molar-refractivity contribution is -0.143. The van der Waals surface area contributed by atoms with Crippen molar-refractivity contribution >= 4 is 5.97 Å². The third-order valence-electron chi connectivity index (χ3n) is 0.468. The average molecular weight is 115 g/mol. The van der Waals surface area contributed by atoms with Crippen LogP contribution in [-0.4, -0.2) is 5.97 Å². The van der Waals surface area contributed by atoms with Crippen molar-refractivity contribution in [2.24, 2.45) is 5.28 Å². The molecule has 0 bridgehead atoms. The third kappa shape index (κ3) is 2.99. The Morgan fingerprint density at radius 3 is 3.00 bits per heavy atom. The molecule has 0 aromatic carbocycles. The van der Waals surface area contributed by atoms with Crippen molar-refractivity contribution in [3.05, 3.63) is 10.4 Å². The van der Waals surface area contributed by atoms with E-state index in [9.17, 15) is 4.79 Å². The van der Waals surface area contributed by atoms with Crippen LogP contribution in [0.25, 0.3) is 10.4 Å². The van der Waals surface area contributed by atoms with Crippen molar-refractivity contribution in [1.29, 1.82) is 0 Å². The van der Waals surface area contributed by atoms with Crippen LogP contribution in [-0.2, 0) is 9.63 Å². The van der Waals surface area contributed by atoms with Gasteiger partial charge >= 0.3 is 5.97 Å². The Labute approximate surface area is 45.8 Å². The molecule has 0 atom stereocenters. The summed E-state index contributed by atoms with van der Waals surface area (Å²) in [6, 6.07) is 0. The van der Waals surface area contributed by atoms with Crippen LogP contribution in [0.1, 0.15) is 13.3 Å². The molecule has 0 unspecified atom stereocenters. The van der Waals surface area contributed by atoms with E-state index in [2.05, 4.69) is 15.0 Å². The molecule has 0 aliphatic carbocycles. The van der Waals surface area contributed by atoms with E-state index >= 15 is 0 Å². The molecule has 0 saturated heterocycles. The molecule has 0 N–H and O–H groups in total. The highest BCUT2D eigenvalue weighted by Crippen LogP contribution is 1.83. The lowest BCUT2D eigenvalue weighted by Gasteiger charge is -1.85. The zero-order valence-corrected chi connectivity index (χ0v) is 4.37. The first-order chi connectivity index (χ1) is 3.81. The molecule has 0 saturated carbocycles. The van der Waals surface area contributed by atoms with Gasteiger partial charge in [-0.05, 0) is 5.53 Å². The van der Waals surface area contributed by atoms with Gasteiger partial charge in [0.05, 0.1) is 0 Å². The molecule has 0 fully saturated rings. The summed E-state index contributed by atoms with van der Waals surface area (Å²) in [6.07, 6.45) is 0.221. The maximum Gasteiger partial charge on any atom is 0.317 e. The van der Waals surface area contributed by atoms with Crippen LogP contribution in [0.4, 0.5) is 0 Å². The molecular formula is C3H5N3O2. The smallest absolute Gasteiger partial charge is 0.317 e. The summed E-state index contributed by atoms with van der Waals surface area (Å²) < 4.78 is 0. The highest BCUT2D eigenvalue weighted by molar-refractivity contribution is 5.68. The number of carbonyl (C=O) groups excluding carboxylic acids is 1. The van der Waals surface area contributed by atoms with Crippen LogP contribution >= 0.6 is 0 Å². The number of azide groups is 1. The minimum absolute atomic E-state index is 0.221. The topological polar surface area (TPSA) is 75.1 Å². The average Bonchev–Trinajstić information content (AvgIpc) is 1.83. The Morgan fingerprint density at radius 2 is 2.62 bits per heavy atom. The predicted octanol–water partition coefficient (Wildman–Crippen LogP) is 1.16. The van der Waals surface area contributed by atoms with Gasteiger partial charge in [-0.3, -0.25) is 4.79 Å². The molecule has 8 heavy (non-hydrogen) atoms. The van der Waals surface area contributed by atoms with Gasteiger partial charge in [0.1, 0.15) is 5.28 Å². The second-order valence-electron chi connectivity index (χ2n) is 0.988. The minimum atomic E-state index is -0.525. The van der Waals surface area contributed by atoms with Crippen LogP contribution in [0.5, 0.6) is 0 Å². The standard InChI is InChI=1S/C3H5N3O2/c1-2-3(7)8-6-5-4/h2H2,1H3. The molecule has 0 amide bonds. The first kappa shape index (κ1) is 6.78. The molecule has 0 rings (SSSR count). The molecule has 44 valence electrons. The van der Waals surface area contributed by atoms with Gasteiger partial charge in [-0.2, -0.15) is 0 Å². The molecule has 0 heterocycles. The molecule has 5 heteroatoms. The van der Waals surface area contributed by atoms with E-state index in [-0.39, 0.29) is 6.42 Å². The quantitative estimate of drug-likeness (QED) is 0.234. The van der Waals surface area contributed by atoms with Crippen molar-refractivity contribution < 1.29 is 9.63 Å². The van der Waals surface area contributed by atoms with Crippen LogP contribution in [0, 0.1) is 0 Å². The maximum atomic E-state index is 10.1. The van der Waals surface area contributed by atoms with Crippen molar-refractivity contribution in [1.82, 2.24) is 0 Å². The second kappa shape index (κ2) is 3.95. The third-order valence-corrected chi connectivity index (χ3v) is 0.468. The number of nitrogens with zero attached hydrogens (tertiary/aromatic N) is 3. The molecule has 0 aliphatic rings. The fraction of sp³-hybridized carbons (Fsp3) is 0.667.